The van der Waals surface area contributed by atoms with Crippen molar-refractivity contribution in [3.05, 3.63) is 30.3 Å². The van der Waals surface area contributed by atoms with Crippen LogP contribution < -0.4 is 4.74 Å². The van der Waals surface area contributed by atoms with Crippen LogP contribution in [0.3, 0.4) is 0 Å². The molecule has 0 aliphatic heterocycles. The van der Waals surface area contributed by atoms with Crippen molar-refractivity contribution < 1.29 is 14.6 Å². The summed E-state index contributed by atoms with van der Waals surface area (Å²) in [5.74, 6) is 1.14. The van der Waals surface area contributed by atoms with Gasteiger partial charge in [0.05, 0.1) is 6.61 Å². The van der Waals surface area contributed by atoms with E-state index in [-0.39, 0.29) is 0 Å². The molecule has 3 heteroatoms. The number of hydrogen-bond acceptors (Lipinski definition) is 2. The molecule has 1 fully saturated rings. The highest BCUT2D eigenvalue weighted by Crippen LogP contribution is 2.43. The summed E-state index contributed by atoms with van der Waals surface area (Å²) in [6.45, 7) is 0.685. The summed E-state index contributed by atoms with van der Waals surface area (Å²) in [4.78, 5) is 10.5. The number of carboxylic acids is 1. The van der Waals surface area contributed by atoms with Crippen molar-refractivity contribution in [3.63, 3.8) is 0 Å². The first-order valence-electron chi connectivity index (χ1n) is 5.65. The van der Waals surface area contributed by atoms with Crippen LogP contribution in [0, 0.1) is 11.8 Å². The number of para-hydroxylation sites is 1. The zero-order valence-corrected chi connectivity index (χ0v) is 9.13. The van der Waals surface area contributed by atoms with E-state index in [1.54, 1.807) is 0 Å². The molecule has 1 aliphatic carbocycles. The van der Waals surface area contributed by atoms with Gasteiger partial charge in [-0.2, -0.15) is 0 Å². The van der Waals surface area contributed by atoms with Gasteiger partial charge in [-0.1, -0.05) is 18.2 Å². The molecular formula is C13H16O3. The summed E-state index contributed by atoms with van der Waals surface area (Å²) in [7, 11) is 0. The molecule has 86 valence electrons. The van der Waals surface area contributed by atoms with E-state index >= 15 is 0 Å². The quantitative estimate of drug-likeness (QED) is 0.801. The van der Waals surface area contributed by atoms with Gasteiger partial charge in [0.15, 0.2) is 0 Å². The van der Waals surface area contributed by atoms with E-state index in [4.69, 9.17) is 9.84 Å². The minimum absolute atomic E-state index is 0.315. The molecule has 1 saturated carbocycles. The monoisotopic (exact) mass is 220 g/mol. The Labute approximate surface area is 95.0 Å². The van der Waals surface area contributed by atoms with Crippen LogP contribution in [-0.4, -0.2) is 17.7 Å². The Hall–Kier alpha value is -1.51. The molecule has 1 N–H and O–H groups in total. The Balaban J connectivity index is 1.62. The lowest BCUT2D eigenvalue weighted by molar-refractivity contribution is -0.137. The smallest absolute Gasteiger partial charge is 0.303 e. The van der Waals surface area contributed by atoms with Crippen LogP contribution >= 0.6 is 0 Å². The lowest BCUT2D eigenvalue weighted by atomic mass is 10.2. The zero-order valence-electron chi connectivity index (χ0n) is 9.13. The molecule has 0 aromatic heterocycles. The number of benzene rings is 1. The molecule has 0 amide bonds. The second-order valence-corrected chi connectivity index (χ2v) is 4.30. The van der Waals surface area contributed by atoms with Gasteiger partial charge in [0.1, 0.15) is 5.75 Å². The normalized spacial score (nSPS) is 22.8. The van der Waals surface area contributed by atoms with Crippen LogP contribution in [-0.2, 0) is 4.79 Å². The molecular weight excluding hydrogens is 204 g/mol. The van der Waals surface area contributed by atoms with Crippen molar-refractivity contribution in [3.8, 4) is 5.75 Å². The van der Waals surface area contributed by atoms with Crippen LogP contribution in [0.4, 0.5) is 0 Å². The van der Waals surface area contributed by atoms with Gasteiger partial charge in [0, 0.05) is 6.42 Å². The molecule has 0 heterocycles. The Bertz CT molecular complexity index is 347. The summed E-state index contributed by atoms with van der Waals surface area (Å²) < 4.78 is 5.56. The number of hydrogen-bond donors (Lipinski definition) is 1. The van der Waals surface area contributed by atoms with Crippen molar-refractivity contribution in [2.75, 3.05) is 6.61 Å². The fourth-order valence-electron chi connectivity index (χ4n) is 1.98. The lowest BCUT2D eigenvalue weighted by Crippen LogP contribution is -2.01. The molecule has 0 spiro atoms. The summed E-state index contributed by atoms with van der Waals surface area (Å²) in [5.41, 5.74) is 0. The second-order valence-electron chi connectivity index (χ2n) is 4.30. The molecule has 0 radical (unpaired) electrons. The topological polar surface area (TPSA) is 46.5 Å². The Morgan fingerprint density at radius 1 is 1.31 bits per heavy atom. The van der Waals surface area contributed by atoms with Crippen molar-refractivity contribution >= 4 is 5.97 Å². The maximum Gasteiger partial charge on any atom is 0.303 e. The molecule has 16 heavy (non-hydrogen) atoms. The molecule has 2 atom stereocenters. The fourth-order valence-corrected chi connectivity index (χ4v) is 1.98. The number of carbonyl (C=O) groups is 1. The van der Waals surface area contributed by atoms with Crippen molar-refractivity contribution in [1.82, 2.24) is 0 Å². The summed E-state index contributed by atoms with van der Waals surface area (Å²) in [6.07, 6.45) is 2.33. The van der Waals surface area contributed by atoms with Gasteiger partial charge in [-0.25, -0.2) is 0 Å². The van der Waals surface area contributed by atoms with Crippen LogP contribution in [0.1, 0.15) is 19.3 Å². The minimum Gasteiger partial charge on any atom is -0.494 e. The van der Waals surface area contributed by atoms with E-state index in [2.05, 4.69) is 0 Å². The third-order valence-corrected chi connectivity index (χ3v) is 3.01. The van der Waals surface area contributed by atoms with Gasteiger partial charge < -0.3 is 9.84 Å². The first-order valence-corrected chi connectivity index (χ1v) is 5.65. The molecule has 1 aromatic carbocycles. The van der Waals surface area contributed by atoms with Crippen LogP contribution in [0.25, 0.3) is 0 Å². The number of rotatable bonds is 6. The van der Waals surface area contributed by atoms with Gasteiger partial charge in [0.2, 0.25) is 0 Å². The average Bonchev–Trinajstić information content (AvgIpc) is 2.97. The largest absolute Gasteiger partial charge is 0.494 e. The Morgan fingerprint density at radius 2 is 2.06 bits per heavy atom. The lowest BCUT2D eigenvalue weighted by Gasteiger charge is -2.04. The average molecular weight is 220 g/mol. The van der Waals surface area contributed by atoms with E-state index in [9.17, 15) is 4.79 Å². The molecule has 1 aromatic rings. The molecule has 0 unspecified atom stereocenters. The molecule has 3 nitrogen and oxygen atoms in total. The molecule has 2 rings (SSSR count). The fraction of sp³-hybridized carbons (Fsp3) is 0.462. The van der Waals surface area contributed by atoms with E-state index in [0.717, 1.165) is 18.6 Å². The highest BCUT2D eigenvalue weighted by molar-refractivity contribution is 5.67. The Kier molecular flexibility index (Phi) is 3.44. The van der Waals surface area contributed by atoms with Crippen molar-refractivity contribution in [2.24, 2.45) is 11.8 Å². The predicted octanol–water partition coefficient (Wildman–Crippen LogP) is 2.57. The van der Waals surface area contributed by atoms with Gasteiger partial charge in [-0.05, 0) is 36.8 Å². The van der Waals surface area contributed by atoms with Crippen molar-refractivity contribution in [2.45, 2.75) is 19.3 Å². The van der Waals surface area contributed by atoms with Gasteiger partial charge in [-0.3, -0.25) is 4.79 Å². The predicted molar refractivity (Wildman–Crippen MR) is 60.4 cm³/mol. The number of aliphatic carboxylic acids is 1. The number of carboxylic acid groups (broad SMARTS) is 1. The maximum absolute atomic E-state index is 10.5. The van der Waals surface area contributed by atoms with E-state index < -0.39 is 5.97 Å². The third-order valence-electron chi connectivity index (χ3n) is 3.01. The third kappa shape index (κ3) is 3.26. The van der Waals surface area contributed by atoms with E-state index in [0.29, 0.717) is 24.9 Å². The van der Waals surface area contributed by atoms with Crippen LogP contribution in [0.5, 0.6) is 5.75 Å². The highest BCUT2D eigenvalue weighted by atomic mass is 16.5. The summed E-state index contributed by atoms with van der Waals surface area (Å²) in [5, 5.41) is 8.61. The van der Waals surface area contributed by atoms with E-state index in [1.165, 1.54) is 0 Å². The summed E-state index contributed by atoms with van der Waals surface area (Å²) in [6, 6.07) is 9.71. The minimum atomic E-state index is -0.684. The first kappa shape index (κ1) is 11.0. The van der Waals surface area contributed by atoms with Crippen LogP contribution in [0.15, 0.2) is 30.3 Å². The standard InChI is InChI=1S/C13H16O3/c14-13(15)9-11-8-10(11)6-7-16-12-4-2-1-3-5-12/h1-5,10-11H,6-9H2,(H,14,15)/t10-,11+/m0/s1. The van der Waals surface area contributed by atoms with E-state index in [1.807, 2.05) is 30.3 Å². The SMILES string of the molecule is O=C(O)C[C@H]1C[C@@H]1CCOc1ccccc1. The first-order chi connectivity index (χ1) is 7.75. The number of ether oxygens (including phenoxy) is 1. The summed E-state index contributed by atoms with van der Waals surface area (Å²) >= 11 is 0. The Morgan fingerprint density at radius 3 is 2.75 bits per heavy atom. The van der Waals surface area contributed by atoms with Gasteiger partial charge >= 0.3 is 5.97 Å². The van der Waals surface area contributed by atoms with Crippen molar-refractivity contribution in [1.29, 1.82) is 0 Å². The molecule has 1 aliphatic rings. The highest BCUT2D eigenvalue weighted by Gasteiger charge is 2.37. The van der Waals surface area contributed by atoms with Crippen LogP contribution in [0.2, 0.25) is 0 Å². The second kappa shape index (κ2) is 5.01. The maximum atomic E-state index is 10.5. The van der Waals surface area contributed by atoms with Gasteiger partial charge in [0.25, 0.3) is 0 Å². The molecule has 0 saturated heterocycles. The molecule has 0 bridgehead atoms. The van der Waals surface area contributed by atoms with Gasteiger partial charge in [-0.15, -0.1) is 0 Å². The zero-order chi connectivity index (χ0) is 11.4.